The second kappa shape index (κ2) is 9.55. The Morgan fingerprint density at radius 3 is 2.00 bits per heavy atom. The van der Waals surface area contributed by atoms with Crippen LogP contribution in [-0.4, -0.2) is 17.5 Å². The molecule has 0 heterocycles. The zero-order valence-corrected chi connectivity index (χ0v) is 9.92. The Balaban J connectivity index is 3.45. The number of halogens is 2. The topological polar surface area (TPSA) is 37.3 Å². The van der Waals surface area contributed by atoms with Gasteiger partial charge in [-0.15, -0.1) is 0 Å². The largest absolute Gasteiger partial charge is 0.481 e. The van der Waals surface area contributed by atoms with Crippen molar-refractivity contribution in [3.63, 3.8) is 0 Å². The van der Waals surface area contributed by atoms with Crippen molar-refractivity contribution in [3.8, 4) is 0 Å². The maximum Gasteiger partial charge on any atom is 0.312 e. The van der Waals surface area contributed by atoms with Gasteiger partial charge in [0.25, 0.3) is 6.43 Å². The number of hydrogen-bond donors (Lipinski definition) is 1. The van der Waals surface area contributed by atoms with Crippen molar-refractivity contribution >= 4 is 5.97 Å². The van der Waals surface area contributed by atoms with E-state index in [9.17, 15) is 13.6 Å². The van der Waals surface area contributed by atoms with Crippen LogP contribution in [0.2, 0.25) is 0 Å². The first-order chi connectivity index (χ1) is 7.59. The van der Waals surface area contributed by atoms with E-state index in [-0.39, 0.29) is 6.42 Å². The van der Waals surface area contributed by atoms with E-state index in [1.54, 1.807) is 0 Å². The summed E-state index contributed by atoms with van der Waals surface area (Å²) in [5.74, 6) is -2.85. The average molecular weight is 236 g/mol. The molecule has 0 saturated heterocycles. The van der Waals surface area contributed by atoms with Gasteiger partial charge in [-0.1, -0.05) is 51.9 Å². The van der Waals surface area contributed by atoms with Gasteiger partial charge in [0.2, 0.25) is 0 Å². The molecule has 1 unspecified atom stereocenters. The Morgan fingerprint density at radius 1 is 1.06 bits per heavy atom. The molecule has 0 fully saturated rings. The van der Waals surface area contributed by atoms with E-state index >= 15 is 0 Å². The fourth-order valence-corrected chi connectivity index (χ4v) is 1.68. The van der Waals surface area contributed by atoms with Gasteiger partial charge in [0.05, 0.1) is 0 Å². The van der Waals surface area contributed by atoms with E-state index in [0.29, 0.717) is 6.42 Å². The summed E-state index contributed by atoms with van der Waals surface area (Å²) >= 11 is 0. The Morgan fingerprint density at radius 2 is 1.56 bits per heavy atom. The van der Waals surface area contributed by atoms with Gasteiger partial charge in [0.1, 0.15) is 5.92 Å². The quantitative estimate of drug-likeness (QED) is 0.580. The van der Waals surface area contributed by atoms with Crippen molar-refractivity contribution < 1.29 is 18.7 Å². The zero-order chi connectivity index (χ0) is 12.4. The molecular weight excluding hydrogens is 214 g/mol. The van der Waals surface area contributed by atoms with Crippen LogP contribution in [0, 0.1) is 5.92 Å². The third-order valence-corrected chi connectivity index (χ3v) is 2.74. The molecule has 0 rings (SSSR count). The summed E-state index contributed by atoms with van der Waals surface area (Å²) in [5.41, 5.74) is 0. The van der Waals surface area contributed by atoms with Crippen molar-refractivity contribution in [3.05, 3.63) is 0 Å². The molecule has 0 aliphatic carbocycles. The number of rotatable bonds is 10. The minimum atomic E-state index is -2.74. The summed E-state index contributed by atoms with van der Waals surface area (Å²) in [7, 11) is 0. The van der Waals surface area contributed by atoms with Crippen molar-refractivity contribution in [2.75, 3.05) is 0 Å². The Labute approximate surface area is 96.0 Å². The maximum atomic E-state index is 12.2. The molecule has 0 radical (unpaired) electrons. The Kier molecular flexibility index (Phi) is 9.15. The smallest absolute Gasteiger partial charge is 0.312 e. The minimum absolute atomic E-state index is 0.0980. The van der Waals surface area contributed by atoms with Gasteiger partial charge < -0.3 is 5.11 Å². The lowest BCUT2D eigenvalue weighted by Gasteiger charge is -2.10. The summed E-state index contributed by atoms with van der Waals surface area (Å²) in [5, 5.41) is 8.54. The second-order valence-corrected chi connectivity index (χ2v) is 4.19. The van der Waals surface area contributed by atoms with E-state index in [1.807, 2.05) is 0 Å². The minimum Gasteiger partial charge on any atom is -0.481 e. The first-order valence-corrected chi connectivity index (χ1v) is 6.10. The molecule has 0 bridgehead atoms. The number of unbranched alkanes of at least 4 members (excludes halogenated alkanes) is 6. The number of carbonyl (C=O) groups is 1. The lowest BCUT2D eigenvalue weighted by molar-refractivity contribution is -0.147. The van der Waals surface area contributed by atoms with Crippen molar-refractivity contribution in [2.45, 2.75) is 64.7 Å². The number of carboxylic acids is 1. The van der Waals surface area contributed by atoms with Gasteiger partial charge in [-0.25, -0.2) is 8.78 Å². The fraction of sp³-hybridized carbons (Fsp3) is 0.917. The van der Waals surface area contributed by atoms with E-state index in [0.717, 1.165) is 19.3 Å². The molecule has 0 aromatic rings. The summed E-state index contributed by atoms with van der Waals surface area (Å²) in [6.07, 6.45) is 4.55. The molecule has 0 amide bonds. The predicted octanol–water partition coefficient (Wildman–Crippen LogP) is 4.09. The first-order valence-electron chi connectivity index (χ1n) is 6.10. The van der Waals surface area contributed by atoms with E-state index in [2.05, 4.69) is 6.92 Å². The zero-order valence-electron chi connectivity index (χ0n) is 9.92. The van der Waals surface area contributed by atoms with Gasteiger partial charge in [-0.3, -0.25) is 4.79 Å². The molecule has 0 saturated carbocycles. The van der Waals surface area contributed by atoms with Gasteiger partial charge in [0.15, 0.2) is 0 Å². The molecule has 0 aliphatic rings. The molecule has 0 spiro atoms. The summed E-state index contributed by atoms with van der Waals surface area (Å²) in [6, 6.07) is 0. The van der Waals surface area contributed by atoms with Crippen LogP contribution in [0.25, 0.3) is 0 Å². The summed E-state index contributed by atoms with van der Waals surface area (Å²) in [6.45, 7) is 2.14. The fourth-order valence-electron chi connectivity index (χ4n) is 1.68. The standard InChI is InChI=1S/C12H22F2O2/c1-2-3-4-5-6-7-8-9-10(11(13)14)12(15)16/h10-11H,2-9H2,1H3,(H,15,16). The lowest BCUT2D eigenvalue weighted by atomic mass is 10.0. The maximum absolute atomic E-state index is 12.2. The monoisotopic (exact) mass is 236 g/mol. The Hall–Kier alpha value is -0.670. The van der Waals surface area contributed by atoms with E-state index in [4.69, 9.17) is 5.11 Å². The van der Waals surface area contributed by atoms with Crippen LogP contribution in [0.5, 0.6) is 0 Å². The lowest BCUT2D eigenvalue weighted by Crippen LogP contribution is -2.21. The van der Waals surface area contributed by atoms with Crippen LogP contribution < -0.4 is 0 Å². The highest BCUT2D eigenvalue weighted by Gasteiger charge is 2.26. The van der Waals surface area contributed by atoms with Crippen LogP contribution in [0.1, 0.15) is 58.3 Å². The first kappa shape index (κ1) is 15.3. The van der Waals surface area contributed by atoms with Crippen molar-refractivity contribution in [1.29, 1.82) is 0 Å². The molecule has 1 atom stereocenters. The molecular formula is C12H22F2O2. The van der Waals surface area contributed by atoms with Crippen LogP contribution in [-0.2, 0) is 4.79 Å². The van der Waals surface area contributed by atoms with Crippen molar-refractivity contribution in [1.82, 2.24) is 0 Å². The normalized spacial score (nSPS) is 13.0. The molecule has 2 nitrogen and oxygen atoms in total. The molecule has 0 aromatic heterocycles. The molecule has 0 aromatic carbocycles. The summed E-state index contributed by atoms with van der Waals surface area (Å²) < 4.78 is 24.5. The highest BCUT2D eigenvalue weighted by atomic mass is 19.3. The van der Waals surface area contributed by atoms with Crippen LogP contribution in [0.3, 0.4) is 0 Å². The van der Waals surface area contributed by atoms with Gasteiger partial charge >= 0.3 is 5.97 Å². The highest BCUT2D eigenvalue weighted by molar-refractivity contribution is 5.70. The van der Waals surface area contributed by atoms with E-state index < -0.39 is 18.3 Å². The van der Waals surface area contributed by atoms with Crippen molar-refractivity contribution in [2.24, 2.45) is 5.92 Å². The average Bonchev–Trinajstić information content (AvgIpc) is 2.21. The molecule has 16 heavy (non-hydrogen) atoms. The molecule has 96 valence electrons. The number of hydrogen-bond acceptors (Lipinski definition) is 1. The number of aliphatic carboxylic acids is 1. The predicted molar refractivity (Wildman–Crippen MR) is 59.7 cm³/mol. The number of alkyl halides is 2. The third-order valence-electron chi connectivity index (χ3n) is 2.74. The third kappa shape index (κ3) is 7.60. The molecule has 0 aliphatic heterocycles. The Bertz CT molecular complexity index is 184. The second-order valence-electron chi connectivity index (χ2n) is 4.19. The van der Waals surface area contributed by atoms with Gasteiger partial charge in [0, 0.05) is 0 Å². The van der Waals surface area contributed by atoms with Crippen LogP contribution in [0.15, 0.2) is 0 Å². The molecule has 4 heteroatoms. The van der Waals surface area contributed by atoms with Crippen LogP contribution in [0.4, 0.5) is 8.78 Å². The summed E-state index contributed by atoms with van der Waals surface area (Å²) in [4.78, 5) is 10.5. The number of carboxylic acid groups (broad SMARTS) is 1. The highest BCUT2D eigenvalue weighted by Crippen LogP contribution is 2.18. The molecule has 1 N–H and O–H groups in total. The SMILES string of the molecule is CCCCCCCCCC(C(=O)O)C(F)F. The van der Waals surface area contributed by atoms with E-state index in [1.165, 1.54) is 19.3 Å². The van der Waals surface area contributed by atoms with Gasteiger partial charge in [-0.05, 0) is 6.42 Å². The van der Waals surface area contributed by atoms with Crippen LogP contribution >= 0.6 is 0 Å². The van der Waals surface area contributed by atoms with Gasteiger partial charge in [-0.2, -0.15) is 0 Å².